The summed E-state index contributed by atoms with van der Waals surface area (Å²) in [5, 5.41) is 10.9. The van der Waals surface area contributed by atoms with Crippen molar-refractivity contribution in [3.05, 3.63) is 29.8 Å². The fourth-order valence-electron chi connectivity index (χ4n) is 2.39. The van der Waals surface area contributed by atoms with Crippen LogP contribution in [-0.4, -0.2) is 35.1 Å². The Morgan fingerprint density at radius 3 is 2.33 bits per heavy atom. The van der Waals surface area contributed by atoms with Gasteiger partial charge in [-0.15, -0.1) is 0 Å². The molecule has 0 bridgehead atoms. The van der Waals surface area contributed by atoms with Crippen LogP contribution in [0.1, 0.15) is 19.3 Å². The summed E-state index contributed by atoms with van der Waals surface area (Å²) in [6.07, 6.45) is 1.22. The summed E-state index contributed by atoms with van der Waals surface area (Å²) in [4.78, 5) is 24.0. The van der Waals surface area contributed by atoms with Gasteiger partial charge in [0.1, 0.15) is 17.3 Å². The zero-order chi connectivity index (χ0) is 15.4. The van der Waals surface area contributed by atoms with Crippen molar-refractivity contribution in [1.82, 2.24) is 4.90 Å². The van der Waals surface area contributed by atoms with Crippen molar-refractivity contribution in [2.24, 2.45) is 5.92 Å². The lowest BCUT2D eigenvalue weighted by Gasteiger charge is -2.31. The average Bonchev–Trinajstić information content (AvgIpc) is 2.43. The first-order chi connectivity index (χ1) is 9.97. The number of aliphatic carboxylic acids is 1. The predicted octanol–water partition coefficient (Wildman–Crippen LogP) is 2.68. The number of rotatable bonds is 3. The van der Waals surface area contributed by atoms with E-state index < -0.39 is 29.3 Å². The van der Waals surface area contributed by atoms with Crippen LogP contribution in [0.5, 0.6) is 0 Å². The van der Waals surface area contributed by atoms with Crippen LogP contribution in [0, 0.1) is 17.6 Å². The molecular weight excluding hydrogens is 282 g/mol. The number of carboxylic acids is 1. The van der Waals surface area contributed by atoms with Gasteiger partial charge in [0.2, 0.25) is 0 Å². The molecule has 5 nitrogen and oxygen atoms in total. The third-order valence-corrected chi connectivity index (χ3v) is 3.56. The first kappa shape index (κ1) is 15.2. The van der Waals surface area contributed by atoms with Gasteiger partial charge in [-0.3, -0.25) is 4.79 Å². The van der Waals surface area contributed by atoms with Gasteiger partial charge in [-0.05, 0) is 30.9 Å². The number of carboxylic acid groups (broad SMARTS) is 1. The number of carbonyl (C=O) groups is 2. The van der Waals surface area contributed by atoms with Gasteiger partial charge in [0.25, 0.3) is 0 Å². The summed E-state index contributed by atoms with van der Waals surface area (Å²) in [7, 11) is 0. The standard InChI is InChI=1S/C14H16F2N2O3/c15-10-2-1-3-11(16)13(10)17-14(21)18-6-4-9(5-7-18)8-12(19)20/h1-3,9H,4-8H2,(H,17,21)(H,19,20). The van der Waals surface area contributed by atoms with Crippen molar-refractivity contribution in [2.75, 3.05) is 18.4 Å². The number of urea groups is 1. The van der Waals surface area contributed by atoms with Crippen molar-refractivity contribution in [3.8, 4) is 0 Å². The van der Waals surface area contributed by atoms with Crippen LogP contribution in [-0.2, 0) is 4.79 Å². The smallest absolute Gasteiger partial charge is 0.322 e. The second kappa shape index (κ2) is 6.51. The Bertz CT molecular complexity index is 523. The maximum Gasteiger partial charge on any atom is 0.322 e. The highest BCUT2D eigenvalue weighted by atomic mass is 19.1. The van der Waals surface area contributed by atoms with Gasteiger partial charge in [-0.1, -0.05) is 6.07 Å². The molecule has 2 amide bonds. The Kier molecular flexibility index (Phi) is 4.72. The van der Waals surface area contributed by atoms with Crippen LogP contribution in [0.4, 0.5) is 19.3 Å². The Morgan fingerprint density at radius 1 is 1.24 bits per heavy atom. The number of para-hydroxylation sites is 1. The number of nitrogens with one attached hydrogen (secondary N) is 1. The normalized spacial score (nSPS) is 15.8. The fraction of sp³-hybridized carbons (Fsp3) is 0.429. The van der Waals surface area contributed by atoms with Crippen LogP contribution in [0.2, 0.25) is 0 Å². The van der Waals surface area contributed by atoms with Crippen LogP contribution < -0.4 is 5.32 Å². The number of likely N-dealkylation sites (tertiary alicyclic amines) is 1. The molecule has 114 valence electrons. The zero-order valence-corrected chi connectivity index (χ0v) is 11.3. The first-order valence-electron chi connectivity index (χ1n) is 6.69. The molecule has 0 spiro atoms. The van der Waals surface area contributed by atoms with Crippen LogP contribution >= 0.6 is 0 Å². The average molecular weight is 298 g/mol. The second-order valence-electron chi connectivity index (χ2n) is 5.06. The van der Waals surface area contributed by atoms with Crippen LogP contribution in [0.25, 0.3) is 0 Å². The van der Waals surface area contributed by atoms with E-state index in [1.807, 2.05) is 0 Å². The van der Waals surface area contributed by atoms with Crippen molar-refractivity contribution >= 4 is 17.7 Å². The number of halogens is 2. The topological polar surface area (TPSA) is 69.6 Å². The van der Waals surface area contributed by atoms with Crippen LogP contribution in [0.3, 0.4) is 0 Å². The number of carbonyl (C=O) groups excluding carboxylic acids is 1. The third-order valence-electron chi connectivity index (χ3n) is 3.56. The largest absolute Gasteiger partial charge is 0.481 e. The Morgan fingerprint density at radius 2 is 1.81 bits per heavy atom. The number of piperidine rings is 1. The molecule has 2 N–H and O–H groups in total. The monoisotopic (exact) mass is 298 g/mol. The van der Waals surface area contributed by atoms with Crippen molar-refractivity contribution in [3.63, 3.8) is 0 Å². The molecule has 1 aliphatic heterocycles. The maximum absolute atomic E-state index is 13.4. The van der Waals surface area contributed by atoms with E-state index in [9.17, 15) is 18.4 Å². The lowest BCUT2D eigenvalue weighted by molar-refractivity contribution is -0.138. The molecule has 2 rings (SSSR count). The molecular formula is C14H16F2N2O3. The zero-order valence-electron chi connectivity index (χ0n) is 11.3. The lowest BCUT2D eigenvalue weighted by Crippen LogP contribution is -2.41. The van der Waals surface area contributed by atoms with E-state index in [0.29, 0.717) is 25.9 Å². The number of hydrogen-bond donors (Lipinski definition) is 2. The molecule has 1 aliphatic rings. The van der Waals surface area contributed by atoms with Gasteiger partial charge in [-0.2, -0.15) is 0 Å². The first-order valence-corrected chi connectivity index (χ1v) is 6.69. The molecule has 0 atom stereocenters. The molecule has 0 saturated carbocycles. The summed E-state index contributed by atoms with van der Waals surface area (Å²) in [5.41, 5.74) is -0.463. The van der Waals surface area contributed by atoms with E-state index in [0.717, 1.165) is 12.1 Å². The number of nitrogens with zero attached hydrogens (tertiary/aromatic N) is 1. The minimum Gasteiger partial charge on any atom is -0.481 e. The van der Waals surface area contributed by atoms with E-state index in [2.05, 4.69) is 5.32 Å². The number of benzene rings is 1. The summed E-state index contributed by atoms with van der Waals surface area (Å²) < 4.78 is 26.9. The third kappa shape index (κ3) is 3.90. The Labute approximate surface area is 120 Å². The van der Waals surface area contributed by atoms with E-state index in [-0.39, 0.29) is 12.3 Å². The van der Waals surface area contributed by atoms with Crippen molar-refractivity contribution < 1.29 is 23.5 Å². The predicted molar refractivity (Wildman–Crippen MR) is 71.9 cm³/mol. The van der Waals surface area contributed by atoms with Gasteiger partial charge < -0.3 is 15.3 Å². The molecule has 1 heterocycles. The van der Waals surface area contributed by atoms with Crippen LogP contribution in [0.15, 0.2) is 18.2 Å². The molecule has 0 aliphatic carbocycles. The second-order valence-corrected chi connectivity index (χ2v) is 5.06. The highest BCUT2D eigenvalue weighted by Crippen LogP contribution is 2.22. The molecule has 1 saturated heterocycles. The van der Waals surface area contributed by atoms with Crippen molar-refractivity contribution in [2.45, 2.75) is 19.3 Å². The van der Waals surface area contributed by atoms with E-state index in [4.69, 9.17) is 5.11 Å². The Hall–Kier alpha value is -2.18. The quantitative estimate of drug-likeness (QED) is 0.901. The van der Waals surface area contributed by atoms with Gasteiger partial charge in [0.05, 0.1) is 0 Å². The van der Waals surface area contributed by atoms with Gasteiger partial charge in [-0.25, -0.2) is 13.6 Å². The molecule has 1 aromatic rings. The minimum atomic E-state index is -0.855. The van der Waals surface area contributed by atoms with Crippen molar-refractivity contribution in [1.29, 1.82) is 0 Å². The van der Waals surface area contributed by atoms with Gasteiger partial charge >= 0.3 is 12.0 Å². The van der Waals surface area contributed by atoms with Gasteiger partial charge in [0, 0.05) is 19.5 Å². The van der Waals surface area contributed by atoms with E-state index >= 15 is 0 Å². The maximum atomic E-state index is 13.4. The fourth-order valence-corrected chi connectivity index (χ4v) is 2.39. The lowest BCUT2D eigenvalue weighted by atomic mass is 9.94. The molecule has 7 heteroatoms. The molecule has 0 unspecified atom stereocenters. The number of anilines is 1. The van der Waals surface area contributed by atoms with E-state index in [1.54, 1.807) is 0 Å². The molecule has 0 radical (unpaired) electrons. The summed E-state index contributed by atoms with van der Waals surface area (Å²) in [5.74, 6) is -2.48. The molecule has 0 aromatic heterocycles. The number of hydrogen-bond acceptors (Lipinski definition) is 2. The number of amides is 2. The SMILES string of the molecule is O=C(O)CC1CCN(C(=O)Nc2c(F)cccc2F)CC1. The minimum absolute atomic E-state index is 0.0387. The molecule has 1 aromatic carbocycles. The van der Waals surface area contributed by atoms with Gasteiger partial charge in [0.15, 0.2) is 0 Å². The summed E-state index contributed by atoms with van der Waals surface area (Å²) in [6.45, 7) is 0.750. The molecule has 21 heavy (non-hydrogen) atoms. The molecule has 1 fully saturated rings. The highest BCUT2D eigenvalue weighted by molar-refractivity contribution is 5.89. The summed E-state index contributed by atoms with van der Waals surface area (Å²) >= 11 is 0. The van der Waals surface area contributed by atoms with E-state index in [1.165, 1.54) is 11.0 Å². The summed E-state index contributed by atoms with van der Waals surface area (Å²) in [6, 6.07) is 2.78. The Balaban J connectivity index is 1.92. The highest BCUT2D eigenvalue weighted by Gasteiger charge is 2.25.